The summed E-state index contributed by atoms with van der Waals surface area (Å²) in [6.07, 6.45) is 1.77. The van der Waals surface area contributed by atoms with E-state index >= 15 is 0 Å². The Morgan fingerprint density at radius 1 is 1.00 bits per heavy atom. The van der Waals surface area contributed by atoms with Gasteiger partial charge in [-0.25, -0.2) is 4.98 Å². The van der Waals surface area contributed by atoms with Crippen LogP contribution in [0.1, 0.15) is 0 Å². The molecule has 0 saturated carbocycles. The van der Waals surface area contributed by atoms with Crippen LogP contribution < -0.4 is 15.5 Å². The maximum atomic E-state index is 5.44. The zero-order valence-electron chi connectivity index (χ0n) is 18.1. The van der Waals surface area contributed by atoms with Gasteiger partial charge in [-0.1, -0.05) is 6.07 Å². The minimum atomic E-state index is 0.581. The van der Waals surface area contributed by atoms with Crippen LogP contribution in [0.5, 0.6) is 0 Å². The van der Waals surface area contributed by atoms with Gasteiger partial charge in [-0.2, -0.15) is 4.98 Å². The number of ether oxygens (including phenoxy) is 1. The van der Waals surface area contributed by atoms with Crippen molar-refractivity contribution in [1.82, 2.24) is 19.9 Å². The van der Waals surface area contributed by atoms with Gasteiger partial charge in [0, 0.05) is 49.8 Å². The number of pyridine rings is 1. The average molecular weight is 420 g/mol. The lowest BCUT2D eigenvalue weighted by molar-refractivity contribution is 0.122. The molecule has 162 valence electrons. The first-order valence-corrected chi connectivity index (χ1v) is 10.6. The molecular weight excluding hydrogens is 390 g/mol. The van der Waals surface area contributed by atoms with Crippen molar-refractivity contribution >= 4 is 23.1 Å². The van der Waals surface area contributed by atoms with E-state index in [1.165, 1.54) is 5.69 Å². The number of morpholine rings is 1. The summed E-state index contributed by atoms with van der Waals surface area (Å²) in [6, 6.07) is 16.1. The van der Waals surface area contributed by atoms with Crippen LogP contribution in [0.2, 0.25) is 0 Å². The maximum absolute atomic E-state index is 5.44. The van der Waals surface area contributed by atoms with E-state index in [9.17, 15) is 0 Å². The van der Waals surface area contributed by atoms with E-state index in [4.69, 9.17) is 4.74 Å². The number of benzene rings is 1. The summed E-state index contributed by atoms with van der Waals surface area (Å²) in [5.74, 6) is 1.31. The second-order valence-electron chi connectivity index (χ2n) is 7.68. The van der Waals surface area contributed by atoms with Crippen molar-refractivity contribution in [3.05, 3.63) is 54.7 Å². The molecule has 1 aliphatic heterocycles. The van der Waals surface area contributed by atoms with E-state index < -0.39 is 0 Å². The van der Waals surface area contributed by atoms with E-state index in [2.05, 4.69) is 59.7 Å². The fraction of sp³-hybridized carbons (Fsp3) is 0.348. The molecule has 3 heterocycles. The summed E-state index contributed by atoms with van der Waals surface area (Å²) in [4.78, 5) is 18.2. The Morgan fingerprint density at radius 2 is 1.81 bits per heavy atom. The summed E-state index contributed by atoms with van der Waals surface area (Å²) in [6.45, 7) is 5.05. The van der Waals surface area contributed by atoms with Gasteiger partial charge in [-0.15, -0.1) is 0 Å². The SMILES string of the molecule is CN(C)CCNc1nc(Nc2ccc(N3CCOCC3)cc2)cc(-c2ccccn2)n1. The second kappa shape index (κ2) is 10.2. The van der Waals surface area contributed by atoms with Crippen LogP contribution in [0.15, 0.2) is 54.7 Å². The molecule has 0 radical (unpaired) electrons. The van der Waals surface area contributed by atoms with Crippen LogP contribution in [0.4, 0.5) is 23.1 Å². The molecule has 2 N–H and O–H groups in total. The van der Waals surface area contributed by atoms with Crippen molar-refractivity contribution in [3.63, 3.8) is 0 Å². The molecule has 0 aliphatic carbocycles. The molecule has 1 aromatic carbocycles. The summed E-state index contributed by atoms with van der Waals surface area (Å²) in [7, 11) is 4.08. The normalized spacial score (nSPS) is 14.0. The Hall–Kier alpha value is -3.23. The number of anilines is 4. The maximum Gasteiger partial charge on any atom is 0.225 e. The van der Waals surface area contributed by atoms with Crippen molar-refractivity contribution in [2.45, 2.75) is 0 Å². The molecule has 3 aromatic rings. The van der Waals surface area contributed by atoms with Gasteiger partial charge in [-0.05, 0) is 50.5 Å². The van der Waals surface area contributed by atoms with Gasteiger partial charge in [0.2, 0.25) is 5.95 Å². The molecule has 1 fully saturated rings. The van der Waals surface area contributed by atoms with Crippen LogP contribution >= 0.6 is 0 Å². The zero-order valence-corrected chi connectivity index (χ0v) is 18.1. The lowest BCUT2D eigenvalue weighted by Gasteiger charge is -2.28. The average Bonchev–Trinajstić information content (AvgIpc) is 2.80. The minimum absolute atomic E-state index is 0.581. The molecule has 0 atom stereocenters. The minimum Gasteiger partial charge on any atom is -0.378 e. The molecule has 8 nitrogen and oxygen atoms in total. The standard InChI is InChI=1S/C23H29N7O/c1-29(2)12-11-25-23-27-21(20-5-3-4-10-24-20)17-22(28-23)26-18-6-8-19(9-7-18)30-13-15-31-16-14-30/h3-10,17H,11-16H2,1-2H3,(H2,25,26,27,28). The third-order valence-corrected chi connectivity index (χ3v) is 5.01. The highest BCUT2D eigenvalue weighted by atomic mass is 16.5. The molecule has 31 heavy (non-hydrogen) atoms. The molecular formula is C23H29N7O. The van der Waals surface area contributed by atoms with E-state index in [0.717, 1.165) is 62.3 Å². The lowest BCUT2D eigenvalue weighted by Crippen LogP contribution is -2.36. The molecule has 0 amide bonds. The largest absolute Gasteiger partial charge is 0.378 e. The third-order valence-electron chi connectivity index (χ3n) is 5.01. The van der Waals surface area contributed by atoms with Gasteiger partial charge in [0.1, 0.15) is 5.82 Å². The fourth-order valence-electron chi connectivity index (χ4n) is 3.35. The number of rotatable bonds is 8. The number of hydrogen-bond donors (Lipinski definition) is 2. The quantitative estimate of drug-likeness (QED) is 0.577. The molecule has 1 aliphatic rings. The van der Waals surface area contributed by atoms with Gasteiger partial charge in [-0.3, -0.25) is 4.98 Å². The topological polar surface area (TPSA) is 78.4 Å². The molecule has 2 aromatic heterocycles. The Balaban J connectivity index is 1.53. The highest BCUT2D eigenvalue weighted by Crippen LogP contribution is 2.24. The Bertz CT molecular complexity index is 957. The van der Waals surface area contributed by atoms with Crippen LogP contribution in [0.25, 0.3) is 11.4 Å². The Labute approximate surface area is 183 Å². The molecule has 0 unspecified atom stereocenters. The number of nitrogens with one attached hydrogen (secondary N) is 2. The highest BCUT2D eigenvalue weighted by molar-refractivity contribution is 5.66. The predicted octanol–water partition coefficient (Wildman–Crippen LogP) is 3.09. The van der Waals surface area contributed by atoms with E-state index in [-0.39, 0.29) is 0 Å². The number of nitrogens with zero attached hydrogens (tertiary/aromatic N) is 5. The van der Waals surface area contributed by atoms with Gasteiger partial charge >= 0.3 is 0 Å². The number of likely N-dealkylation sites (N-methyl/N-ethyl adjacent to an activating group) is 1. The van der Waals surface area contributed by atoms with Crippen molar-refractivity contribution in [3.8, 4) is 11.4 Å². The van der Waals surface area contributed by atoms with Crippen LogP contribution in [0, 0.1) is 0 Å². The molecule has 4 rings (SSSR count). The van der Waals surface area contributed by atoms with Gasteiger partial charge < -0.3 is 25.2 Å². The van der Waals surface area contributed by atoms with Gasteiger partial charge in [0.05, 0.1) is 24.6 Å². The smallest absolute Gasteiger partial charge is 0.225 e. The predicted molar refractivity (Wildman–Crippen MR) is 125 cm³/mol. The molecule has 0 spiro atoms. The first-order chi connectivity index (χ1) is 15.2. The first kappa shape index (κ1) is 21.0. The van der Waals surface area contributed by atoms with Gasteiger partial charge in [0.25, 0.3) is 0 Å². The third kappa shape index (κ3) is 5.90. The summed E-state index contributed by atoms with van der Waals surface area (Å²) in [5, 5.41) is 6.73. The van der Waals surface area contributed by atoms with E-state index in [1.807, 2.05) is 38.4 Å². The Kier molecular flexibility index (Phi) is 6.91. The van der Waals surface area contributed by atoms with Crippen LogP contribution in [-0.4, -0.2) is 73.3 Å². The van der Waals surface area contributed by atoms with Gasteiger partial charge in [0.15, 0.2) is 0 Å². The molecule has 0 bridgehead atoms. The second-order valence-corrected chi connectivity index (χ2v) is 7.68. The van der Waals surface area contributed by atoms with Crippen molar-refractivity contribution < 1.29 is 4.74 Å². The summed E-state index contributed by atoms with van der Waals surface area (Å²) in [5.41, 5.74) is 3.76. The molecule has 8 heteroatoms. The lowest BCUT2D eigenvalue weighted by atomic mass is 10.2. The monoisotopic (exact) mass is 419 g/mol. The number of hydrogen-bond acceptors (Lipinski definition) is 8. The highest BCUT2D eigenvalue weighted by Gasteiger charge is 2.12. The van der Waals surface area contributed by atoms with E-state index in [1.54, 1.807) is 6.20 Å². The van der Waals surface area contributed by atoms with E-state index in [0.29, 0.717) is 5.95 Å². The van der Waals surface area contributed by atoms with Crippen molar-refractivity contribution in [1.29, 1.82) is 0 Å². The summed E-state index contributed by atoms with van der Waals surface area (Å²) < 4.78 is 5.44. The number of aromatic nitrogens is 3. The Morgan fingerprint density at radius 3 is 2.52 bits per heavy atom. The van der Waals surface area contributed by atoms with Crippen molar-refractivity contribution in [2.75, 3.05) is 69.0 Å². The first-order valence-electron chi connectivity index (χ1n) is 10.6. The fourth-order valence-corrected chi connectivity index (χ4v) is 3.35. The van der Waals surface area contributed by atoms with Crippen molar-refractivity contribution in [2.24, 2.45) is 0 Å². The zero-order chi connectivity index (χ0) is 21.5. The molecule has 1 saturated heterocycles. The van der Waals surface area contributed by atoms with Crippen LogP contribution in [0.3, 0.4) is 0 Å². The summed E-state index contributed by atoms with van der Waals surface area (Å²) >= 11 is 0. The van der Waals surface area contributed by atoms with Crippen LogP contribution in [-0.2, 0) is 4.74 Å².